The first-order valence-electron chi connectivity index (χ1n) is 9.23. The molecule has 1 fully saturated rings. The Morgan fingerprint density at radius 3 is 3.00 bits per heavy atom. The van der Waals surface area contributed by atoms with Crippen LogP contribution in [0, 0.1) is 5.82 Å². The zero-order chi connectivity index (χ0) is 18.8. The number of aromatic nitrogens is 3. The van der Waals surface area contributed by atoms with Gasteiger partial charge in [0.05, 0.1) is 11.1 Å². The van der Waals surface area contributed by atoms with Gasteiger partial charge in [-0.15, -0.1) is 0 Å². The van der Waals surface area contributed by atoms with Gasteiger partial charge in [0.1, 0.15) is 5.82 Å². The molecule has 7 heteroatoms. The standard InChI is InChI=1S/C20H21FN4O2/c21-14-5-6-16-17(13-19(26)23-18(16)12-14)20(27)25-10-2-1-4-15(25)7-11-24-9-3-8-22-24/h3,5-6,8-9,12-13,15H,1-2,4,7,10-11H2,(H,23,26)/t15-/m1/s1. The lowest BCUT2D eigenvalue weighted by molar-refractivity contribution is 0.0596. The molecule has 1 aliphatic heterocycles. The van der Waals surface area contributed by atoms with E-state index in [2.05, 4.69) is 10.1 Å². The molecule has 3 heterocycles. The number of carbonyl (C=O) groups excluding carboxylic acids is 1. The van der Waals surface area contributed by atoms with E-state index in [0.717, 1.165) is 32.2 Å². The Morgan fingerprint density at radius 2 is 2.19 bits per heavy atom. The summed E-state index contributed by atoms with van der Waals surface area (Å²) in [4.78, 5) is 29.8. The van der Waals surface area contributed by atoms with Gasteiger partial charge >= 0.3 is 0 Å². The first kappa shape index (κ1) is 17.5. The summed E-state index contributed by atoms with van der Waals surface area (Å²) in [6.45, 7) is 1.40. The Hall–Kier alpha value is -2.96. The van der Waals surface area contributed by atoms with Gasteiger partial charge in [0, 0.05) is 43.0 Å². The van der Waals surface area contributed by atoms with Gasteiger partial charge in [0.15, 0.2) is 0 Å². The third-order valence-corrected chi connectivity index (χ3v) is 5.17. The molecule has 0 bridgehead atoms. The predicted octanol–water partition coefficient (Wildman–Crippen LogP) is 2.95. The Balaban J connectivity index is 1.63. The van der Waals surface area contributed by atoms with Gasteiger partial charge in [-0.3, -0.25) is 14.3 Å². The van der Waals surface area contributed by atoms with Crippen LogP contribution in [0.5, 0.6) is 0 Å². The summed E-state index contributed by atoms with van der Waals surface area (Å²) in [5.41, 5.74) is 0.275. The predicted molar refractivity (Wildman–Crippen MR) is 100 cm³/mol. The summed E-state index contributed by atoms with van der Waals surface area (Å²) in [5.74, 6) is -0.610. The molecule has 140 valence electrons. The van der Waals surface area contributed by atoms with E-state index < -0.39 is 11.4 Å². The number of hydrogen-bond acceptors (Lipinski definition) is 3. The Labute approximate surface area is 155 Å². The second kappa shape index (κ2) is 7.34. The van der Waals surface area contributed by atoms with Crippen LogP contribution in [0.3, 0.4) is 0 Å². The summed E-state index contributed by atoms with van der Waals surface area (Å²) in [7, 11) is 0. The number of halogens is 1. The number of likely N-dealkylation sites (tertiary alicyclic amines) is 1. The maximum absolute atomic E-state index is 13.5. The van der Waals surface area contributed by atoms with Gasteiger partial charge in [-0.1, -0.05) is 0 Å². The molecule has 1 saturated heterocycles. The van der Waals surface area contributed by atoms with Gasteiger partial charge < -0.3 is 9.88 Å². The highest BCUT2D eigenvalue weighted by molar-refractivity contribution is 6.06. The molecule has 0 radical (unpaired) electrons. The summed E-state index contributed by atoms with van der Waals surface area (Å²) >= 11 is 0. The van der Waals surface area contributed by atoms with E-state index in [0.29, 0.717) is 23.0 Å². The molecule has 1 N–H and O–H groups in total. The SMILES string of the molecule is O=C(c1cc(=O)[nH]c2cc(F)ccc12)N1CCCC[C@@H]1CCn1cccn1. The Morgan fingerprint density at radius 1 is 1.30 bits per heavy atom. The topological polar surface area (TPSA) is 71.0 Å². The van der Waals surface area contributed by atoms with Gasteiger partial charge in [-0.05, 0) is 49.9 Å². The number of fused-ring (bicyclic) bond motifs is 1. The van der Waals surface area contributed by atoms with Crippen LogP contribution in [0.25, 0.3) is 10.9 Å². The Bertz CT molecular complexity index is 1010. The average molecular weight is 368 g/mol. The number of H-pyrrole nitrogens is 1. The highest BCUT2D eigenvalue weighted by Gasteiger charge is 2.28. The molecule has 6 nitrogen and oxygen atoms in total. The number of carbonyl (C=O) groups is 1. The van der Waals surface area contributed by atoms with Crippen molar-refractivity contribution in [1.82, 2.24) is 19.7 Å². The van der Waals surface area contributed by atoms with E-state index in [4.69, 9.17) is 0 Å². The first-order valence-corrected chi connectivity index (χ1v) is 9.23. The zero-order valence-electron chi connectivity index (χ0n) is 14.9. The molecule has 0 spiro atoms. The quantitative estimate of drug-likeness (QED) is 0.770. The number of hydrogen-bond donors (Lipinski definition) is 1. The summed E-state index contributed by atoms with van der Waals surface area (Å²) in [6.07, 6.45) is 7.42. The van der Waals surface area contributed by atoms with E-state index in [1.165, 1.54) is 18.2 Å². The van der Waals surface area contributed by atoms with Crippen molar-refractivity contribution in [2.75, 3.05) is 6.54 Å². The number of nitrogens with one attached hydrogen (secondary N) is 1. The largest absolute Gasteiger partial charge is 0.336 e. The lowest BCUT2D eigenvalue weighted by Gasteiger charge is -2.36. The van der Waals surface area contributed by atoms with Crippen LogP contribution in [0.15, 0.2) is 47.5 Å². The van der Waals surface area contributed by atoms with E-state index in [-0.39, 0.29) is 11.9 Å². The monoisotopic (exact) mass is 368 g/mol. The molecule has 1 aromatic carbocycles. The third-order valence-electron chi connectivity index (χ3n) is 5.17. The fraction of sp³-hybridized carbons (Fsp3) is 0.350. The third kappa shape index (κ3) is 3.63. The normalized spacial score (nSPS) is 17.4. The minimum atomic E-state index is -0.446. The number of rotatable bonds is 4. The van der Waals surface area contributed by atoms with Crippen molar-refractivity contribution in [2.24, 2.45) is 0 Å². The van der Waals surface area contributed by atoms with E-state index in [1.807, 2.05) is 21.8 Å². The highest BCUT2D eigenvalue weighted by Crippen LogP contribution is 2.25. The number of aryl methyl sites for hydroxylation is 1. The number of aromatic amines is 1. The molecule has 27 heavy (non-hydrogen) atoms. The van der Waals surface area contributed by atoms with Crippen molar-refractivity contribution >= 4 is 16.8 Å². The van der Waals surface area contributed by atoms with Gasteiger partial charge in [0.25, 0.3) is 5.91 Å². The number of piperidine rings is 1. The molecule has 0 aliphatic carbocycles. The van der Waals surface area contributed by atoms with Gasteiger partial charge in [-0.25, -0.2) is 4.39 Å². The minimum absolute atomic E-state index is 0.102. The Kier molecular flexibility index (Phi) is 4.75. The molecule has 1 amide bonds. The zero-order valence-corrected chi connectivity index (χ0v) is 14.9. The van der Waals surface area contributed by atoms with Crippen LogP contribution >= 0.6 is 0 Å². The molecule has 2 aromatic heterocycles. The second-order valence-electron chi connectivity index (χ2n) is 6.94. The van der Waals surface area contributed by atoms with Crippen molar-refractivity contribution in [1.29, 1.82) is 0 Å². The highest BCUT2D eigenvalue weighted by atomic mass is 19.1. The summed E-state index contributed by atoms with van der Waals surface area (Å²) in [6, 6.07) is 7.41. The van der Waals surface area contributed by atoms with E-state index in [1.54, 1.807) is 12.3 Å². The van der Waals surface area contributed by atoms with Gasteiger partial charge in [0.2, 0.25) is 5.56 Å². The lowest BCUT2D eigenvalue weighted by Crippen LogP contribution is -2.44. The van der Waals surface area contributed by atoms with Crippen molar-refractivity contribution in [3.63, 3.8) is 0 Å². The number of pyridine rings is 1. The van der Waals surface area contributed by atoms with Crippen molar-refractivity contribution in [2.45, 2.75) is 38.3 Å². The molecule has 1 aliphatic rings. The summed E-state index contributed by atoms with van der Waals surface area (Å²) in [5, 5.41) is 4.79. The number of nitrogens with zero attached hydrogens (tertiary/aromatic N) is 3. The van der Waals surface area contributed by atoms with Gasteiger partial charge in [-0.2, -0.15) is 5.10 Å². The molecule has 0 saturated carbocycles. The fourth-order valence-electron chi connectivity index (χ4n) is 3.85. The lowest BCUT2D eigenvalue weighted by atomic mass is 9.97. The smallest absolute Gasteiger partial charge is 0.254 e. The van der Waals surface area contributed by atoms with Crippen LogP contribution < -0.4 is 5.56 Å². The van der Waals surface area contributed by atoms with Crippen LogP contribution in [0.4, 0.5) is 4.39 Å². The van der Waals surface area contributed by atoms with Crippen LogP contribution in [-0.2, 0) is 6.54 Å². The van der Waals surface area contributed by atoms with E-state index >= 15 is 0 Å². The fourth-order valence-corrected chi connectivity index (χ4v) is 3.85. The molecular formula is C20H21FN4O2. The van der Waals surface area contributed by atoms with Crippen LogP contribution in [-0.4, -0.2) is 38.2 Å². The maximum Gasteiger partial charge on any atom is 0.254 e. The van der Waals surface area contributed by atoms with Crippen molar-refractivity contribution in [3.8, 4) is 0 Å². The average Bonchev–Trinajstić information content (AvgIpc) is 3.18. The second-order valence-corrected chi connectivity index (χ2v) is 6.94. The minimum Gasteiger partial charge on any atom is -0.336 e. The molecule has 3 aromatic rings. The first-order chi connectivity index (χ1) is 13.1. The molecular weight excluding hydrogens is 347 g/mol. The molecule has 1 atom stereocenters. The van der Waals surface area contributed by atoms with Crippen molar-refractivity contribution in [3.05, 3.63) is 64.5 Å². The summed E-state index contributed by atoms with van der Waals surface area (Å²) < 4.78 is 15.4. The van der Waals surface area contributed by atoms with Crippen molar-refractivity contribution < 1.29 is 9.18 Å². The van der Waals surface area contributed by atoms with Crippen LogP contribution in [0.1, 0.15) is 36.0 Å². The van der Waals surface area contributed by atoms with E-state index in [9.17, 15) is 14.0 Å². The maximum atomic E-state index is 13.5. The number of amides is 1. The number of benzene rings is 1. The van der Waals surface area contributed by atoms with Crippen LogP contribution in [0.2, 0.25) is 0 Å². The molecule has 0 unspecified atom stereocenters. The molecule has 4 rings (SSSR count).